The molecule has 78 heavy (non-hydrogen) atoms. The van der Waals surface area contributed by atoms with Crippen LogP contribution < -0.4 is 0 Å². The van der Waals surface area contributed by atoms with Crippen LogP contribution in [0.15, 0.2) is 0 Å². The molecule has 0 atom stereocenters. The first-order chi connectivity index (χ1) is 38.2. The fraction of sp³-hybridized carbons (Fsp3) is 0.857. The van der Waals surface area contributed by atoms with Crippen molar-refractivity contribution in [2.45, 2.75) is 290 Å². The van der Waals surface area contributed by atoms with Crippen molar-refractivity contribution in [3.05, 3.63) is 17.5 Å². The van der Waals surface area contributed by atoms with E-state index in [4.69, 9.17) is 14.2 Å². The number of esters is 3. The molecule has 1 aromatic heterocycles. The van der Waals surface area contributed by atoms with Crippen LogP contribution in [-0.4, -0.2) is 105 Å². The second kappa shape index (κ2) is 56.3. The normalized spacial score (nSPS) is 11.3. The minimum absolute atomic E-state index is 0.0559. The van der Waals surface area contributed by atoms with E-state index in [0.717, 1.165) is 38.5 Å². The molecule has 0 aromatic carbocycles. The lowest BCUT2D eigenvalue weighted by Crippen LogP contribution is -2.19. The predicted octanol–water partition coefficient (Wildman–Crippen LogP) is 17.7. The number of Topliss-reactive ketones (excluding diaryl/α,β-unsaturated/α-hetero) is 3. The lowest BCUT2D eigenvalue weighted by Gasteiger charge is -2.08. The van der Waals surface area contributed by atoms with E-state index < -0.39 is 17.3 Å². The van der Waals surface area contributed by atoms with Gasteiger partial charge in [-0.25, -0.2) is 15.0 Å². The second-order valence-electron chi connectivity index (χ2n) is 21.2. The van der Waals surface area contributed by atoms with Crippen molar-refractivity contribution in [1.82, 2.24) is 15.0 Å². The molecule has 15 heteroatoms. The Balaban J connectivity index is 2.51. The van der Waals surface area contributed by atoms with Gasteiger partial charge in [-0.2, -0.15) is 35.3 Å². The molecule has 450 valence electrons. The molecule has 0 spiro atoms. The van der Waals surface area contributed by atoms with E-state index in [1.165, 1.54) is 228 Å². The van der Waals surface area contributed by atoms with Gasteiger partial charge in [0.05, 0.1) is 39.1 Å². The summed E-state index contributed by atoms with van der Waals surface area (Å²) in [6.07, 6.45) is 45.8. The van der Waals surface area contributed by atoms with E-state index in [9.17, 15) is 28.8 Å². The molecule has 12 nitrogen and oxygen atoms in total. The molecule has 0 saturated heterocycles. The van der Waals surface area contributed by atoms with Crippen molar-refractivity contribution in [3.8, 4) is 0 Å². The molecule has 0 fully saturated rings. The number of nitrogens with zero attached hydrogens (tertiary/aromatic N) is 3. The van der Waals surface area contributed by atoms with Gasteiger partial charge in [-0.05, 0) is 19.3 Å². The number of aromatic nitrogens is 3. The largest absolute Gasteiger partial charge is 0.466 e. The van der Waals surface area contributed by atoms with E-state index in [1.54, 1.807) is 0 Å². The first-order valence-electron chi connectivity index (χ1n) is 31.8. The molecule has 0 bridgehead atoms. The number of ketones is 3. The lowest BCUT2D eigenvalue weighted by molar-refractivity contribution is -0.144. The van der Waals surface area contributed by atoms with Gasteiger partial charge in [-0.1, -0.05) is 233 Å². The summed E-state index contributed by atoms with van der Waals surface area (Å²) >= 11 is 4.35. The summed E-state index contributed by atoms with van der Waals surface area (Å²) in [6.45, 7) is 8.04. The van der Waals surface area contributed by atoms with Gasteiger partial charge < -0.3 is 14.2 Å². The fourth-order valence-corrected chi connectivity index (χ4v) is 11.5. The fourth-order valence-electron chi connectivity index (χ4n) is 8.96. The molecule has 1 rings (SSSR count). The third-order valence-electron chi connectivity index (χ3n) is 13.9. The minimum atomic E-state index is -0.421. The highest BCUT2D eigenvalue weighted by Crippen LogP contribution is 2.18. The van der Waals surface area contributed by atoms with E-state index in [2.05, 4.69) is 35.7 Å². The van der Waals surface area contributed by atoms with Crippen molar-refractivity contribution in [2.24, 2.45) is 0 Å². The molecule has 1 heterocycles. The molecule has 0 unspecified atom stereocenters. The maximum Gasteiger partial charge on any atom is 0.306 e. The zero-order chi connectivity index (χ0) is 56.6. The van der Waals surface area contributed by atoms with Gasteiger partial charge in [0.15, 0.2) is 17.5 Å². The quantitative estimate of drug-likeness (QED) is 0.0261. The highest BCUT2D eigenvalue weighted by atomic mass is 32.2. The molecular formula is C63H111N3O9S3. The van der Waals surface area contributed by atoms with E-state index in [-0.39, 0.29) is 73.9 Å². The highest BCUT2D eigenvalue weighted by molar-refractivity contribution is 7.99. The summed E-state index contributed by atoms with van der Waals surface area (Å²) in [7, 11) is 0. The molecule has 0 aliphatic carbocycles. The van der Waals surface area contributed by atoms with Crippen LogP contribution in [0.2, 0.25) is 0 Å². The summed E-state index contributed by atoms with van der Waals surface area (Å²) in [6, 6.07) is 0. The molecule has 0 amide bonds. The number of hydrogen-bond acceptors (Lipinski definition) is 15. The van der Waals surface area contributed by atoms with Crippen molar-refractivity contribution in [1.29, 1.82) is 0 Å². The second-order valence-corrected chi connectivity index (χ2v) is 24.9. The first-order valence-corrected chi connectivity index (χ1v) is 35.2. The smallest absolute Gasteiger partial charge is 0.306 e. The van der Waals surface area contributed by atoms with Crippen molar-refractivity contribution in [3.63, 3.8) is 0 Å². The van der Waals surface area contributed by atoms with Gasteiger partial charge in [0.2, 0.25) is 17.3 Å². The summed E-state index contributed by atoms with van der Waals surface area (Å²) < 4.78 is 16.3. The van der Waals surface area contributed by atoms with Crippen LogP contribution >= 0.6 is 35.3 Å². The molecule has 0 aliphatic rings. The van der Waals surface area contributed by atoms with Crippen LogP contribution in [0.4, 0.5) is 0 Å². The van der Waals surface area contributed by atoms with Crippen molar-refractivity contribution >= 4 is 70.5 Å². The van der Waals surface area contributed by atoms with Gasteiger partial charge in [0.25, 0.3) is 0 Å². The topological polar surface area (TPSA) is 169 Å². The van der Waals surface area contributed by atoms with Gasteiger partial charge >= 0.3 is 17.9 Å². The third kappa shape index (κ3) is 47.2. The van der Waals surface area contributed by atoms with Gasteiger partial charge in [-0.3, -0.25) is 28.8 Å². The molecule has 0 radical (unpaired) electrons. The molecule has 0 saturated carbocycles. The van der Waals surface area contributed by atoms with Crippen molar-refractivity contribution < 1.29 is 43.0 Å². The summed E-state index contributed by atoms with van der Waals surface area (Å²) in [4.78, 5) is 90.0. The average Bonchev–Trinajstić information content (AvgIpc) is 3.45. The molecule has 0 aliphatic heterocycles. The summed E-state index contributed by atoms with van der Waals surface area (Å²) in [5, 5.41) is 0. The van der Waals surface area contributed by atoms with Gasteiger partial charge in [0, 0.05) is 53.8 Å². The number of thioether (sulfide) groups is 3. The number of carbonyl (C=O) groups excluding carboxylic acids is 6. The minimum Gasteiger partial charge on any atom is -0.466 e. The maximum absolute atomic E-state index is 13.4. The van der Waals surface area contributed by atoms with Crippen LogP contribution in [0.3, 0.4) is 0 Å². The number of ether oxygens (including phenoxy) is 3. The zero-order valence-electron chi connectivity index (χ0n) is 49.8. The van der Waals surface area contributed by atoms with E-state index >= 15 is 0 Å². The zero-order valence-corrected chi connectivity index (χ0v) is 52.3. The molecular weight excluding hydrogens is 1040 g/mol. The standard InChI is InChI=1S/C63H111N3O9S3/c1-4-7-10-13-16-19-22-25-28-31-34-37-46-73-58(70)43-52-76-49-40-55(67)61-64-62(56(68)41-50-77-53-44-59(71)74-47-38-35-32-29-26-23-20-17-14-11-8-5-2)66-63(65-61)57(69)42-51-78-54-45-60(72)75-48-39-36-33-30-27-24-21-18-15-12-9-6-3/h4-54H2,1-3H3. The molecule has 1 aromatic rings. The Labute approximate surface area is 488 Å². The van der Waals surface area contributed by atoms with Crippen LogP contribution in [0.1, 0.15) is 322 Å². The Hall–Kier alpha value is -2.52. The van der Waals surface area contributed by atoms with Crippen molar-refractivity contribution in [2.75, 3.05) is 54.3 Å². The Morgan fingerprint density at radius 3 is 0.654 bits per heavy atom. The third-order valence-corrected chi connectivity index (χ3v) is 16.9. The first kappa shape index (κ1) is 73.5. The number of hydrogen-bond donors (Lipinski definition) is 0. The van der Waals surface area contributed by atoms with Gasteiger partial charge in [-0.15, -0.1) is 0 Å². The Kier molecular flexibility index (Phi) is 53.1. The Morgan fingerprint density at radius 1 is 0.269 bits per heavy atom. The highest BCUT2D eigenvalue weighted by Gasteiger charge is 2.22. The number of carbonyl (C=O) groups is 6. The van der Waals surface area contributed by atoms with Crippen LogP contribution in [0.5, 0.6) is 0 Å². The Bertz CT molecular complexity index is 1460. The van der Waals surface area contributed by atoms with Gasteiger partial charge in [0.1, 0.15) is 0 Å². The maximum atomic E-state index is 13.4. The van der Waals surface area contributed by atoms with Crippen LogP contribution in [0.25, 0.3) is 0 Å². The van der Waals surface area contributed by atoms with Crippen LogP contribution in [0, 0.1) is 0 Å². The summed E-state index contributed by atoms with van der Waals surface area (Å²) in [5.41, 5.74) is 0. The number of unbranched alkanes of at least 4 members (excludes halogenated alkanes) is 33. The predicted molar refractivity (Wildman–Crippen MR) is 329 cm³/mol. The SMILES string of the molecule is CCCCCCCCCCCCCCOC(=O)CCSCCC(=O)c1nc(C(=O)CCSCCC(=O)OCCCCCCCCCCCCCC)nc(C(=O)CCSCCC(=O)OCCCCCCCCCCCCCC)n1. The average molecular weight is 1150 g/mol. The monoisotopic (exact) mass is 1150 g/mol. The van der Waals surface area contributed by atoms with E-state index in [0.29, 0.717) is 54.3 Å². The van der Waals surface area contributed by atoms with Crippen LogP contribution in [-0.2, 0) is 28.6 Å². The van der Waals surface area contributed by atoms with E-state index in [1.807, 2.05) is 0 Å². The molecule has 0 N–H and O–H groups in total. The Morgan fingerprint density at radius 2 is 0.449 bits per heavy atom. The number of rotatable bonds is 60. The summed E-state index contributed by atoms with van der Waals surface area (Å²) in [5.74, 6) is 0.0201. The lowest BCUT2D eigenvalue weighted by atomic mass is 10.1.